The number of Topliss-reactive ketones (excluding diaryl/α,β-unsaturated/α-hetero) is 1. The molecule has 3 aromatic rings. The van der Waals surface area contributed by atoms with Gasteiger partial charge in [-0.1, -0.05) is 6.07 Å². The van der Waals surface area contributed by atoms with E-state index in [0.717, 1.165) is 11.8 Å². The molecule has 7 heteroatoms. The Morgan fingerprint density at radius 2 is 1.71 bits per heavy atom. The molecular formula is C21H17FN2O3S. The lowest BCUT2D eigenvalue weighted by molar-refractivity contribution is -0.113. The highest BCUT2D eigenvalue weighted by molar-refractivity contribution is 8.00. The first-order chi connectivity index (χ1) is 13.5. The van der Waals surface area contributed by atoms with Crippen LogP contribution in [0.2, 0.25) is 0 Å². The number of hydrogen-bond donors (Lipinski definition) is 1. The van der Waals surface area contributed by atoms with Gasteiger partial charge in [0.25, 0.3) is 0 Å². The van der Waals surface area contributed by atoms with Crippen molar-refractivity contribution in [2.75, 3.05) is 11.1 Å². The SMILES string of the molecule is CC(=O)c1ccc(SCC(=O)Nc2ccc(Oc3ccncc3)cc2)c(F)c1. The minimum atomic E-state index is -0.511. The highest BCUT2D eigenvalue weighted by atomic mass is 32.2. The van der Waals surface area contributed by atoms with Gasteiger partial charge in [0.2, 0.25) is 5.91 Å². The lowest BCUT2D eigenvalue weighted by Gasteiger charge is -2.08. The lowest BCUT2D eigenvalue weighted by Crippen LogP contribution is -2.14. The van der Waals surface area contributed by atoms with Crippen LogP contribution < -0.4 is 10.1 Å². The zero-order chi connectivity index (χ0) is 19.9. The van der Waals surface area contributed by atoms with Gasteiger partial charge in [0.05, 0.1) is 5.75 Å². The number of carbonyl (C=O) groups is 2. The Kier molecular flexibility index (Phi) is 6.39. The minimum Gasteiger partial charge on any atom is -0.457 e. The summed E-state index contributed by atoms with van der Waals surface area (Å²) in [5, 5.41) is 2.75. The van der Waals surface area contributed by atoms with Gasteiger partial charge in [-0.2, -0.15) is 0 Å². The van der Waals surface area contributed by atoms with Gasteiger partial charge in [-0.3, -0.25) is 14.6 Å². The highest BCUT2D eigenvalue weighted by Crippen LogP contribution is 2.24. The molecule has 0 bridgehead atoms. The third kappa shape index (κ3) is 5.40. The lowest BCUT2D eigenvalue weighted by atomic mass is 10.1. The largest absolute Gasteiger partial charge is 0.457 e. The quantitative estimate of drug-likeness (QED) is 0.452. The van der Waals surface area contributed by atoms with Crippen molar-refractivity contribution in [2.24, 2.45) is 0 Å². The second-order valence-corrected chi connectivity index (χ2v) is 6.86. The molecule has 0 radical (unpaired) electrons. The van der Waals surface area contributed by atoms with E-state index in [4.69, 9.17) is 4.74 Å². The van der Waals surface area contributed by atoms with E-state index in [1.807, 2.05) is 0 Å². The van der Waals surface area contributed by atoms with Crippen LogP contribution in [-0.2, 0) is 4.79 Å². The predicted molar refractivity (Wildman–Crippen MR) is 107 cm³/mol. The number of nitrogens with one attached hydrogen (secondary N) is 1. The summed E-state index contributed by atoms with van der Waals surface area (Å²) in [5.74, 6) is 0.369. The number of rotatable bonds is 7. The molecule has 1 heterocycles. The summed E-state index contributed by atoms with van der Waals surface area (Å²) in [6.07, 6.45) is 3.27. The van der Waals surface area contributed by atoms with Crippen molar-refractivity contribution in [3.05, 3.63) is 78.4 Å². The van der Waals surface area contributed by atoms with Crippen molar-refractivity contribution in [3.63, 3.8) is 0 Å². The molecule has 0 saturated heterocycles. The molecule has 3 rings (SSSR count). The number of pyridine rings is 1. The topological polar surface area (TPSA) is 68.3 Å². The van der Waals surface area contributed by atoms with E-state index in [9.17, 15) is 14.0 Å². The van der Waals surface area contributed by atoms with Gasteiger partial charge in [0.1, 0.15) is 17.3 Å². The summed E-state index contributed by atoms with van der Waals surface area (Å²) in [7, 11) is 0. The van der Waals surface area contributed by atoms with E-state index in [2.05, 4.69) is 10.3 Å². The van der Waals surface area contributed by atoms with E-state index < -0.39 is 5.82 Å². The van der Waals surface area contributed by atoms with Crippen molar-refractivity contribution >= 4 is 29.1 Å². The number of hydrogen-bond acceptors (Lipinski definition) is 5. The van der Waals surface area contributed by atoms with Crippen LogP contribution >= 0.6 is 11.8 Å². The van der Waals surface area contributed by atoms with E-state index in [1.165, 1.54) is 19.1 Å². The Balaban J connectivity index is 1.53. The van der Waals surface area contributed by atoms with Crippen molar-refractivity contribution in [1.29, 1.82) is 0 Å². The fraction of sp³-hybridized carbons (Fsp3) is 0.0952. The van der Waals surface area contributed by atoms with E-state index in [0.29, 0.717) is 27.6 Å². The van der Waals surface area contributed by atoms with Crippen LogP contribution in [0.5, 0.6) is 11.5 Å². The van der Waals surface area contributed by atoms with Crippen LogP contribution in [0, 0.1) is 5.82 Å². The molecule has 0 atom stereocenters. The third-order valence-electron chi connectivity index (χ3n) is 3.72. The van der Waals surface area contributed by atoms with Crippen molar-refractivity contribution < 1.29 is 18.7 Å². The number of ether oxygens (including phenoxy) is 1. The number of thioether (sulfide) groups is 1. The number of anilines is 1. The van der Waals surface area contributed by atoms with Crippen LogP contribution in [0.15, 0.2) is 71.9 Å². The Morgan fingerprint density at radius 1 is 1.04 bits per heavy atom. The molecule has 1 aromatic heterocycles. The van der Waals surface area contributed by atoms with Crippen LogP contribution in [0.25, 0.3) is 0 Å². The number of aromatic nitrogens is 1. The van der Waals surface area contributed by atoms with E-state index >= 15 is 0 Å². The maximum Gasteiger partial charge on any atom is 0.234 e. The molecule has 0 aliphatic rings. The number of carbonyl (C=O) groups excluding carboxylic acids is 2. The van der Waals surface area contributed by atoms with Crippen LogP contribution in [0.4, 0.5) is 10.1 Å². The number of amides is 1. The van der Waals surface area contributed by atoms with Gasteiger partial charge in [-0.15, -0.1) is 11.8 Å². The first-order valence-corrected chi connectivity index (χ1v) is 9.41. The fourth-order valence-corrected chi connectivity index (χ4v) is 3.05. The van der Waals surface area contributed by atoms with Crippen molar-refractivity contribution in [2.45, 2.75) is 11.8 Å². The van der Waals surface area contributed by atoms with Crippen LogP contribution in [0.3, 0.4) is 0 Å². The van der Waals surface area contributed by atoms with Crippen molar-refractivity contribution in [1.82, 2.24) is 4.98 Å². The van der Waals surface area contributed by atoms with E-state index in [1.54, 1.807) is 54.9 Å². The Morgan fingerprint density at radius 3 is 2.36 bits per heavy atom. The zero-order valence-electron chi connectivity index (χ0n) is 15.0. The molecular weight excluding hydrogens is 379 g/mol. The molecule has 1 amide bonds. The molecule has 2 aromatic carbocycles. The van der Waals surface area contributed by atoms with E-state index in [-0.39, 0.29) is 17.4 Å². The molecule has 0 fully saturated rings. The summed E-state index contributed by atoms with van der Waals surface area (Å²) in [6.45, 7) is 1.38. The standard InChI is InChI=1S/C21H17FN2O3S/c1-14(25)15-2-7-20(19(22)12-15)28-13-21(26)24-16-3-5-17(6-4-16)27-18-8-10-23-11-9-18/h2-12H,13H2,1H3,(H,24,26). The molecule has 5 nitrogen and oxygen atoms in total. The number of benzene rings is 2. The first kappa shape index (κ1) is 19.6. The molecule has 1 N–H and O–H groups in total. The molecule has 0 unspecified atom stereocenters. The maximum absolute atomic E-state index is 14.0. The summed E-state index contributed by atoms with van der Waals surface area (Å²) in [6, 6.07) is 14.7. The number of ketones is 1. The fourth-order valence-electron chi connectivity index (χ4n) is 2.33. The van der Waals surface area contributed by atoms with Gasteiger partial charge >= 0.3 is 0 Å². The third-order valence-corrected chi connectivity index (χ3v) is 4.77. The minimum absolute atomic E-state index is 0.0472. The monoisotopic (exact) mass is 396 g/mol. The van der Waals surface area contributed by atoms with Gasteiger partial charge in [-0.25, -0.2) is 4.39 Å². The maximum atomic E-state index is 14.0. The van der Waals surface area contributed by atoms with Crippen LogP contribution in [-0.4, -0.2) is 22.4 Å². The summed E-state index contributed by atoms with van der Waals surface area (Å²) in [5.41, 5.74) is 0.917. The molecule has 0 aliphatic carbocycles. The van der Waals surface area contributed by atoms with Gasteiger partial charge in [0.15, 0.2) is 5.78 Å². The van der Waals surface area contributed by atoms with Crippen molar-refractivity contribution in [3.8, 4) is 11.5 Å². The Hall–Kier alpha value is -3.19. The predicted octanol–water partition coefficient (Wildman–Crippen LogP) is 4.95. The Labute approximate surface area is 166 Å². The second-order valence-electron chi connectivity index (χ2n) is 5.85. The van der Waals surface area contributed by atoms with Gasteiger partial charge in [-0.05, 0) is 55.5 Å². The Bertz CT molecular complexity index is 979. The molecule has 0 spiro atoms. The normalized spacial score (nSPS) is 10.4. The smallest absolute Gasteiger partial charge is 0.234 e. The first-order valence-electron chi connectivity index (χ1n) is 8.42. The molecule has 0 aliphatic heterocycles. The second kappa shape index (κ2) is 9.14. The molecule has 28 heavy (non-hydrogen) atoms. The molecule has 142 valence electrons. The summed E-state index contributed by atoms with van der Waals surface area (Å²) < 4.78 is 19.6. The summed E-state index contributed by atoms with van der Waals surface area (Å²) in [4.78, 5) is 27.6. The number of nitrogens with zero attached hydrogens (tertiary/aromatic N) is 1. The number of halogens is 1. The average Bonchev–Trinajstić information content (AvgIpc) is 2.69. The van der Waals surface area contributed by atoms with Gasteiger partial charge < -0.3 is 10.1 Å². The zero-order valence-corrected chi connectivity index (χ0v) is 15.8. The highest BCUT2D eigenvalue weighted by Gasteiger charge is 2.10. The molecule has 0 saturated carbocycles. The van der Waals surface area contributed by atoms with Gasteiger partial charge in [0, 0.05) is 28.5 Å². The van der Waals surface area contributed by atoms with Crippen LogP contribution in [0.1, 0.15) is 17.3 Å². The summed E-state index contributed by atoms with van der Waals surface area (Å²) >= 11 is 1.07. The average molecular weight is 396 g/mol.